The van der Waals surface area contributed by atoms with Crippen molar-refractivity contribution in [2.75, 3.05) is 5.32 Å². The molecule has 0 radical (unpaired) electrons. The van der Waals surface area contributed by atoms with E-state index in [4.69, 9.17) is 0 Å². The fourth-order valence-electron chi connectivity index (χ4n) is 0.844. The van der Waals surface area contributed by atoms with Crippen molar-refractivity contribution in [1.82, 2.24) is 25.2 Å². The number of anilines is 1. The normalized spacial score (nSPS) is 10.0. The van der Waals surface area contributed by atoms with Gasteiger partial charge in [0, 0.05) is 11.6 Å². The van der Waals surface area contributed by atoms with Gasteiger partial charge in [-0.05, 0) is 10.4 Å². The zero-order valence-electron chi connectivity index (χ0n) is 6.99. The Labute approximate surface area is 82.8 Å². The summed E-state index contributed by atoms with van der Waals surface area (Å²) in [4.78, 5) is 15.2. The van der Waals surface area contributed by atoms with Crippen LogP contribution in [0.1, 0.15) is 0 Å². The van der Waals surface area contributed by atoms with Crippen molar-refractivity contribution in [2.24, 2.45) is 0 Å². The Bertz CT molecular complexity index is 358. The average Bonchev–Trinajstić information content (AvgIpc) is 2.76. The summed E-state index contributed by atoms with van der Waals surface area (Å²) in [5, 5.41) is 15.4. The van der Waals surface area contributed by atoms with Crippen molar-refractivity contribution >= 4 is 22.4 Å². The van der Waals surface area contributed by atoms with Gasteiger partial charge in [0.2, 0.25) is 5.91 Å². The highest BCUT2D eigenvalue weighted by Gasteiger charge is 2.05. The first kappa shape index (κ1) is 8.75. The van der Waals surface area contributed by atoms with Crippen molar-refractivity contribution < 1.29 is 4.79 Å². The molecule has 0 aliphatic rings. The van der Waals surface area contributed by atoms with Crippen LogP contribution in [0.25, 0.3) is 0 Å². The van der Waals surface area contributed by atoms with Crippen molar-refractivity contribution in [1.29, 1.82) is 0 Å². The van der Waals surface area contributed by atoms with E-state index >= 15 is 0 Å². The molecule has 2 aromatic rings. The Hall–Kier alpha value is -1.83. The summed E-state index contributed by atoms with van der Waals surface area (Å²) in [5.41, 5.74) is 0. The lowest BCUT2D eigenvalue weighted by atomic mass is 10.6. The summed E-state index contributed by atoms with van der Waals surface area (Å²) in [5.74, 6) is -0.202. The predicted octanol–water partition coefficient (Wildman–Crippen LogP) is -0.232. The molecule has 0 fully saturated rings. The van der Waals surface area contributed by atoms with Crippen LogP contribution in [0.5, 0.6) is 0 Å². The third kappa shape index (κ3) is 2.10. The summed E-state index contributed by atoms with van der Waals surface area (Å²) < 4.78 is 1.34. The molecule has 1 amide bonds. The molecular formula is C6H6N6OS. The summed E-state index contributed by atoms with van der Waals surface area (Å²) in [6, 6.07) is 0. The van der Waals surface area contributed by atoms with Gasteiger partial charge in [0.25, 0.3) is 0 Å². The minimum atomic E-state index is -0.202. The van der Waals surface area contributed by atoms with Gasteiger partial charge in [-0.25, -0.2) is 9.67 Å². The van der Waals surface area contributed by atoms with E-state index in [1.165, 1.54) is 22.3 Å². The van der Waals surface area contributed by atoms with Gasteiger partial charge in [0.15, 0.2) is 5.13 Å². The number of carbonyl (C=O) groups excluding carboxylic acids is 1. The first-order valence-corrected chi connectivity index (χ1v) is 4.62. The van der Waals surface area contributed by atoms with E-state index in [0.717, 1.165) is 0 Å². The Kier molecular flexibility index (Phi) is 2.45. The van der Waals surface area contributed by atoms with Gasteiger partial charge in [-0.2, -0.15) is 0 Å². The van der Waals surface area contributed by atoms with Crippen LogP contribution in [0.3, 0.4) is 0 Å². The molecule has 0 aromatic carbocycles. The maximum atomic E-state index is 11.3. The second kappa shape index (κ2) is 3.92. The Morgan fingerprint density at radius 2 is 2.57 bits per heavy atom. The molecule has 8 heteroatoms. The van der Waals surface area contributed by atoms with Gasteiger partial charge >= 0.3 is 0 Å². The monoisotopic (exact) mass is 210 g/mol. The number of carbonyl (C=O) groups is 1. The number of tetrazole rings is 1. The average molecular weight is 210 g/mol. The lowest BCUT2D eigenvalue weighted by Crippen LogP contribution is -2.18. The fourth-order valence-corrected chi connectivity index (χ4v) is 1.39. The van der Waals surface area contributed by atoms with E-state index in [1.807, 2.05) is 0 Å². The molecule has 2 aromatic heterocycles. The first-order chi connectivity index (χ1) is 6.84. The zero-order valence-corrected chi connectivity index (χ0v) is 7.81. The highest BCUT2D eigenvalue weighted by Crippen LogP contribution is 2.09. The maximum Gasteiger partial charge on any atom is 0.248 e. The van der Waals surface area contributed by atoms with E-state index in [-0.39, 0.29) is 12.5 Å². The van der Waals surface area contributed by atoms with Gasteiger partial charge in [0.1, 0.15) is 12.9 Å². The van der Waals surface area contributed by atoms with Crippen molar-refractivity contribution in [3.05, 3.63) is 17.9 Å². The Morgan fingerprint density at radius 3 is 3.21 bits per heavy atom. The summed E-state index contributed by atoms with van der Waals surface area (Å²) in [6.45, 7) is 0.0899. The van der Waals surface area contributed by atoms with Crippen LogP contribution < -0.4 is 5.32 Å². The number of nitrogens with zero attached hydrogens (tertiary/aromatic N) is 5. The van der Waals surface area contributed by atoms with E-state index in [9.17, 15) is 4.79 Å². The highest BCUT2D eigenvalue weighted by atomic mass is 32.1. The first-order valence-electron chi connectivity index (χ1n) is 3.75. The molecule has 2 heterocycles. The third-order valence-corrected chi connectivity index (χ3v) is 2.06. The maximum absolute atomic E-state index is 11.3. The molecule has 0 aliphatic carbocycles. The fraction of sp³-hybridized carbons (Fsp3) is 0.167. The van der Waals surface area contributed by atoms with E-state index in [1.54, 1.807) is 11.6 Å². The molecule has 0 bridgehead atoms. The Balaban J connectivity index is 1.91. The lowest BCUT2D eigenvalue weighted by molar-refractivity contribution is -0.116. The van der Waals surface area contributed by atoms with Crippen LogP contribution in [-0.4, -0.2) is 31.1 Å². The molecular weight excluding hydrogens is 204 g/mol. The molecule has 0 saturated heterocycles. The van der Waals surface area contributed by atoms with Gasteiger partial charge in [-0.1, -0.05) is 0 Å². The van der Waals surface area contributed by atoms with Gasteiger partial charge < -0.3 is 5.32 Å². The number of nitrogens with one attached hydrogen (secondary N) is 1. The van der Waals surface area contributed by atoms with Gasteiger partial charge in [-0.15, -0.1) is 16.4 Å². The SMILES string of the molecule is O=C(Cn1cnnn1)Nc1nccs1. The lowest BCUT2D eigenvalue weighted by Gasteiger charge is -1.99. The molecule has 2 rings (SSSR count). The summed E-state index contributed by atoms with van der Waals surface area (Å²) >= 11 is 1.36. The van der Waals surface area contributed by atoms with Crippen LogP contribution in [0.2, 0.25) is 0 Å². The minimum absolute atomic E-state index is 0.0899. The van der Waals surface area contributed by atoms with Crippen LogP contribution in [0.4, 0.5) is 5.13 Å². The summed E-state index contributed by atoms with van der Waals surface area (Å²) in [6.07, 6.45) is 3.00. The highest BCUT2D eigenvalue weighted by molar-refractivity contribution is 7.13. The summed E-state index contributed by atoms with van der Waals surface area (Å²) in [7, 11) is 0. The number of rotatable bonds is 3. The topological polar surface area (TPSA) is 85.6 Å². The smallest absolute Gasteiger partial charge is 0.248 e. The number of hydrogen-bond donors (Lipinski definition) is 1. The molecule has 0 saturated carbocycles. The number of thiazole rings is 1. The van der Waals surface area contributed by atoms with Crippen molar-refractivity contribution in [3.63, 3.8) is 0 Å². The number of amides is 1. The van der Waals surface area contributed by atoms with E-state index < -0.39 is 0 Å². The van der Waals surface area contributed by atoms with Crippen LogP contribution in [-0.2, 0) is 11.3 Å². The van der Waals surface area contributed by atoms with E-state index in [0.29, 0.717) is 5.13 Å². The van der Waals surface area contributed by atoms with Crippen molar-refractivity contribution in [3.8, 4) is 0 Å². The van der Waals surface area contributed by atoms with Crippen LogP contribution in [0.15, 0.2) is 17.9 Å². The molecule has 0 spiro atoms. The van der Waals surface area contributed by atoms with E-state index in [2.05, 4.69) is 25.8 Å². The zero-order chi connectivity index (χ0) is 9.80. The molecule has 0 atom stereocenters. The van der Waals surface area contributed by atoms with Gasteiger partial charge in [0.05, 0.1) is 0 Å². The molecule has 0 aliphatic heterocycles. The van der Waals surface area contributed by atoms with Crippen LogP contribution in [0, 0.1) is 0 Å². The van der Waals surface area contributed by atoms with Crippen LogP contribution >= 0.6 is 11.3 Å². The molecule has 7 nitrogen and oxygen atoms in total. The predicted molar refractivity (Wildman–Crippen MR) is 48.6 cm³/mol. The second-order valence-corrected chi connectivity index (χ2v) is 3.29. The minimum Gasteiger partial charge on any atom is -0.300 e. The Morgan fingerprint density at radius 1 is 1.64 bits per heavy atom. The molecule has 14 heavy (non-hydrogen) atoms. The molecule has 1 N–H and O–H groups in total. The third-order valence-electron chi connectivity index (χ3n) is 1.38. The van der Waals surface area contributed by atoms with Crippen molar-refractivity contribution in [2.45, 2.75) is 6.54 Å². The number of aromatic nitrogens is 5. The quantitative estimate of drug-likeness (QED) is 0.756. The molecule has 0 unspecified atom stereocenters. The largest absolute Gasteiger partial charge is 0.300 e. The standard InChI is InChI=1S/C6H6N6OS/c13-5(3-12-4-8-10-11-12)9-6-7-1-2-14-6/h1-2,4H,3H2,(H,7,9,13). The molecule has 72 valence electrons. The second-order valence-electron chi connectivity index (χ2n) is 2.39. The van der Waals surface area contributed by atoms with Gasteiger partial charge in [-0.3, -0.25) is 4.79 Å². The number of hydrogen-bond acceptors (Lipinski definition) is 6.